The molecule has 0 aromatic heterocycles. The fourth-order valence-corrected chi connectivity index (χ4v) is 3.59. The van der Waals surface area contributed by atoms with Crippen LogP contribution in [0.4, 0.5) is 0 Å². The molecule has 2 rings (SSSR count). The minimum Gasteiger partial charge on any atom is -0.480 e. The third kappa shape index (κ3) is 6.13. The van der Waals surface area contributed by atoms with Gasteiger partial charge >= 0.3 is 5.97 Å². The Kier molecular flexibility index (Phi) is 8.79. The number of hydrogen-bond acceptors (Lipinski definition) is 3. The lowest BCUT2D eigenvalue weighted by atomic mass is 9.87. The van der Waals surface area contributed by atoms with Gasteiger partial charge in [0.25, 0.3) is 0 Å². The number of amides is 1. The topological polar surface area (TPSA) is 69.6 Å². The number of piperidine rings is 1. The number of carboxylic acid groups (broad SMARTS) is 1. The Morgan fingerprint density at radius 3 is 2.41 bits per heavy atom. The second-order valence-electron chi connectivity index (χ2n) is 6.46. The van der Waals surface area contributed by atoms with E-state index in [9.17, 15) is 14.7 Å². The Morgan fingerprint density at radius 2 is 1.73 bits per heavy atom. The van der Waals surface area contributed by atoms with Crippen LogP contribution in [0.1, 0.15) is 57.8 Å². The lowest BCUT2D eigenvalue weighted by molar-refractivity contribution is -0.145. The average Bonchev–Trinajstić information content (AvgIpc) is 2.48. The Labute approximate surface area is 139 Å². The van der Waals surface area contributed by atoms with Gasteiger partial charge in [0.2, 0.25) is 5.91 Å². The van der Waals surface area contributed by atoms with Crippen LogP contribution in [0.5, 0.6) is 0 Å². The fourth-order valence-electron chi connectivity index (χ4n) is 3.59. The highest BCUT2D eigenvalue weighted by Crippen LogP contribution is 2.25. The van der Waals surface area contributed by atoms with E-state index in [4.69, 9.17) is 0 Å². The maximum absolute atomic E-state index is 12.0. The maximum Gasteiger partial charge on any atom is 0.320 e. The number of carbonyl (C=O) groups excluding carboxylic acids is 1. The molecule has 6 heteroatoms. The summed E-state index contributed by atoms with van der Waals surface area (Å²) in [6.45, 7) is 1.67. The van der Waals surface area contributed by atoms with E-state index in [-0.39, 0.29) is 24.9 Å². The number of carbonyl (C=O) groups is 2. The molecule has 128 valence electrons. The van der Waals surface area contributed by atoms with Gasteiger partial charge in [-0.1, -0.05) is 38.5 Å². The van der Waals surface area contributed by atoms with Crippen molar-refractivity contribution in [3.63, 3.8) is 0 Å². The predicted octanol–water partition coefficient (Wildman–Crippen LogP) is 2.43. The smallest absolute Gasteiger partial charge is 0.320 e. The van der Waals surface area contributed by atoms with Crippen LogP contribution in [0.25, 0.3) is 0 Å². The maximum atomic E-state index is 12.0. The van der Waals surface area contributed by atoms with E-state index >= 15 is 0 Å². The average molecular weight is 333 g/mol. The summed E-state index contributed by atoms with van der Waals surface area (Å²) in [5.41, 5.74) is 0. The lowest BCUT2D eigenvalue weighted by Crippen LogP contribution is -2.49. The van der Waals surface area contributed by atoms with Crippen LogP contribution in [0, 0.1) is 5.92 Å². The summed E-state index contributed by atoms with van der Waals surface area (Å²) in [6, 6.07) is -0.483. The van der Waals surface area contributed by atoms with Gasteiger partial charge in [0, 0.05) is 6.54 Å². The van der Waals surface area contributed by atoms with Crippen molar-refractivity contribution in [1.82, 2.24) is 10.2 Å². The highest BCUT2D eigenvalue weighted by molar-refractivity contribution is 5.85. The molecule has 22 heavy (non-hydrogen) atoms. The van der Waals surface area contributed by atoms with Gasteiger partial charge in [-0.15, -0.1) is 12.4 Å². The molecule has 0 aromatic rings. The van der Waals surface area contributed by atoms with Gasteiger partial charge in [-0.25, -0.2) is 0 Å². The zero-order chi connectivity index (χ0) is 15.1. The van der Waals surface area contributed by atoms with E-state index in [0.717, 1.165) is 31.7 Å². The zero-order valence-electron chi connectivity index (χ0n) is 13.3. The van der Waals surface area contributed by atoms with Gasteiger partial charge in [-0.3, -0.25) is 14.5 Å². The van der Waals surface area contributed by atoms with E-state index < -0.39 is 12.0 Å². The summed E-state index contributed by atoms with van der Waals surface area (Å²) in [5.74, 6) is -0.0653. The van der Waals surface area contributed by atoms with Crippen LogP contribution in [0.2, 0.25) is 0 Å². The first-order valence-corrected chi connectivity index (χ1v) is 8.40. The number of rotatable bonds is 6. The molecule has 1 heterocycles. The molecule has 1 aliphatic heterocycles. The van der Waals surface area contributed by atoms with Gasteiger partial charge in [-0.2, -0.15) is 0 Å². The van der Waals surface area contributed by atoms with Crippen molar-refractivity contribution >= 4 is 24.3 Å². The molecule has 0 radical (unpaired) electrons. The van der Waals surface area contributed by atoms with Crippen LogP contribution < -0.4 is 5.32 Å². The van der Waals surface area contributed by atoms with E-state index in [2.05, 4.69) is 5.32 Å². The van der Waals surface area contributed by atoms with Crippen molar-refractivity contribution in [2.45, 2.75) is 63.8 Å². The largest absolute Gasteiger partial charge is 0.480 e. The minimum atomic E-state index is -0.801. The fraction of sp³-hybridized carbons (Fsp3) is 0.875. The molecule has 2 fully saturated rings. The molecule has 2 aliphatic rings. The van der Waals surface area contributed by atoms with Crippen molar-refractivity contribution in [2.24, 2.45) is 5.92 Å². The zero-order valence-corrected chi connectivity index (χ0v) is 14.1. The van der Waals surface area contributed by atoms with Crippen LogP contribution in [-0.2, 0) is 9.59 Å². The summed E-state index contributed by atoms with van der Waals surface area (Å²) < 4.78 is 0. The molecular weight excluding hydrogens is 304 g/mol. The monoisotopic (exact) mass is 332 g/mol. The van der Waals surface area contributed by atoms with Gasteiger partial charge in [-0.05, 0) is 31.7 Å². The first-order chi connectivity index (χ1) is 10.2. The SMILES string of the molecule is Cl.O=C(CN1CCCCC1C(=O)O)NCCC1CCCCC1. The lowest BCUT2D eigenvalue weighted by Gasteiger charge is -2.32. The van der Waals surface area contributed by atoms with Crippen molar-refractivity contribution in [2.75, 3.05) is 19.6 Å². The molecule has 0 bridgehead atoms. The first kappa shape index (κ1) is 19.2. The van der Waals surface area contributed by atoms with Crippen molar-refractivity contribution in [1.29, 1.82) is 0 Å². The standard InChI is InChI=1S/C16H28N2O3.ClH/c19-15(17-10-9-13-6-2-1-3-7-13)12-18-11-5-4-8-14(18)16(20)21;/h13-14H,1-12H2,(H,17,19)(H,20,21);1H. The van der Waals surface area contributed by atoms with E-state index in [0.29, 0.717) is 13.0 Å². The minimum absolute atomic E-state index is 0. The van der Waals surface area contributed by atoms with Crippen LogP contribution >= 0.6 is 12.4 Å². The molecule has 1 aliphatic carbocycles. The molecule has 1 saturated heterocycles. The molecule has 0 aromatic carbocycles. The Hall–Kier alpha value is -0.810. The normalized spacial score (nSPS) is 23.5. The van der Waals surface area contributed by atoms with Gasteiger partial charge < -0.3 is 10.4 Å². The Balaban J connectivity index is 0.00000242. The first-order valence-electron chi connectivity index (χ1n) is 8.40. The summed E-state index contributed by atoms with van der Waals surface area (Å²) in [5, 5.41) is 12.2. The number of carboxylic acids is 1. The van der Waals surface area contributed by atoms with Gasteiger partial charge in [0.05, 0.1) is 6.54 Å². The second kappa shape index (κ2) is 10.1. The van der Waals surface area contributed by atoms with E-state index in [1.807, 2.05) is 4.90 Å². The van der Waals surface area contributed by atoms with Gasteiger partial charge in [0.15, 0.2) is 0 Å². The molecular formula is C16H29ClN2O3. The van der Waals surface area contributed by atoms with Crippen molar-refractivity contribution in [3.05, 3.63) is 0 Å². The van der Waals surface area contributed by atoms with Crippen LogP contribution in [0.15, 0.2) is 0 Å². The number of likely N-dealkylation sites (tertiary alicyclic amines) is 1. The molecule has 5 nitrogen and oxygen atoms in total. The third-order valence-electron chi connectivity index (χ3n) is 4.84. The van der Waals surface area contributed by atoms with E-state index in [1.165, 1.54) is 32.1 Å². The third-order valence-corrected chi connectivity index (χ3v) is 4.84. The van der Waals surface area contributed by atoms with Crippen LogP contribution in [0.3, 0.4) is 0 Å². The van der Waals surface area contributed by atoms with Crippen molar-refractivity contribution in [3.8, 4) is 0 Å². The van der Waals surface area contributed by atoms with Gasteiger partial charge in [0.1, 0.15) is 6.04 Å². The Bertz CT molecular complexity index is 359. The Morgan fingerprint density at radius 1 is 1.05 bits per heavy atom. The molecule has 1 unspecified atom stereocenters. The van der Waals surface area contributed by atoms with Crippen LogP contribution in [-0.4, -0.2) is 47.6 Å². The number of aliphatic carboxylic acids is 1. The molecule has 1 atom stereocenters. The highest BCUT2D eigenvalue weighted by atomic mass is 35.5. The molecule has 1 saturated carbocycles. The highest BCUT2D eigenvalue weighted by Gasteiger charge is 2.29. The second-order valence-corrected chi connectivity index (χ2v) is 6.46. The van der Waals surface area contributed by atoms with Crippen molar-refractivity contribution < 1.29 is 14.7 Å². The number of nitrogens with one attached hydrogen (secondary N) is 1. The molecule has 1 amide bonds. The molecule has 2 N–H and O–H groups in total. The number of hydrogen-bond donors (Lipinski definition) is 2. The summed E-state index contributed by atoms with van der Waals surface area (Å²) in [7, 11) is 0. The number of nitrogens with zero attached hydrogens (tertiary/aromatic N) is 1. The number of halogens is 1. The summed E-state index contributed by atoms with van der Waals surface area (Å²) in [6.07, 6.45) is 10.2. The summed E-state index contributed by atoms with van der Waals surface area (Å²) >= 11 is 0. The van der Waals surface area contributed by atoms with E-state index in [1.54, 1.807) is 0 Å². The summed E-state index contributed by atoms with van der Waals surface area (Å²) in [4.78, 5) is 25.0. The quantitative estimate of drug-likeness (QED) is 0.783. The molecule has 0 spiro atoms. The predicted molar refractivity (Wildman–Crippen MR) is 88.3 cm³/mol.